The Bertz CT molecular complexity index is 675. The Morgan fingerprint density at radius 3 is 2.81 bits per heavy atom. The maximum absolute atomic E-state index is 12.0. The minimum Gasteiger partial charge on any atom is -0.454 e. The summed E-state index contributed by atoms with van der Waals surface area (Å²) in [6.07, 6.45) is -0.675. The van der Waals surface area contributed by atoms with Crippen molar-refractivity contribution in [3.8, 4) is 0 Å². The van der Waals surface area contributed by atoms with Crippen molar-refractivity contribution in [3.05, 3.63) is 51.2 Å². The van der Waals surface area contributed by atoms with Gasteiger partial charge in [-0.05, 0) is 19.4 Å². The fraction of sp³-hybridized carbons (Fsp3) is 0.231. The molecule has 1 aromatic carbocycles. The van der Waals surface area contributed by atoms with E-state index in [1.54, 1.807) is 19.9 Å². The minimum absolute atomic E-state index is 0.0623. The van der Waals surface area contributed by atoms with Gasteiger partial charge in [0.05, 0.1) is 10.6 Å². The number of esters is 1. The minimum atomic E-state index is -0.690. The highest BCUT2D eigenvalue weighted by Gasteiger charge is 2.23. The first-order valence-electron chi connectivity index (χ1n) is 6.07. The van der Waals surface area contributed by atoms with Crippen molar-refractivity contribution in [2.75, 3.05) is 5.73 Å². The van der Waals surface area contributed by atoms with E-state index in [2.05, 4.69) is 5.16 Å². The van der Waals surface area contributed by atoms with Crippen LogP contribution in [-0.2, 0) is 4.74 Å². The number of nitrogens with two attached hydrogens (primary N) is 1. The van der Waals surface area contributed by atoms with Crippen LogP contribution in [0.25, 0.3) is 0 Å². The van der Waals surface area contributed by atoms with E-state index < -0.39 is 17.0 Å². The second-order valence-corrected chi connectivity index (χ2v) is 4.41. The van der Waals surface area contributed by atoms with Crippen molar-refractivity contribution in [1.82, 2.24) is 5.16 Å². The summed E-state index contributed by atoms with van der Waals surface area (Å²) < 4.78 is 9.93. The van der Waals surface area contributed by atoms with Crippen molar-refractivity contribution in [3.63, 3.8) is 0 Å². The molecule has 0 bridgehead atoms. The lowest BCUT2D eigenvalue weighted by Gasteiger charge is -2.13. The number of nitro benzene ring substituents is 1. The van der Waals surface area contributed by atoms with E-state index in [0.717, 1.165) is 0 Å². The number of carbonyl (C=O) groups excluding carboxylic acids is 1. The lowest BCUT2D eigenvalue weighted by Crippen LogP contribution is -2.11. The second kappa shape index (κ2) is 5.61. The van der Waals surface area contributed by atoms with Crippen molar-refractivity contribution in [2.24, 2.45) is 0 Å². The third-order valence-electron chi connectivity index (χ3n) is 2.93. The molecule has 1 heterocycles. The third-order valence-corrected chi connectivity index (χ3v) is 2.93. The molecule has 0 aliphatic rings. The van der Waals surface area contributed by atoms with Crippen LogP contribution in [0.15, 0.2) is 28.8 Å². The molecular formula is C13H13N3O5. The van der Waals surface area contributed by atoms with Gasteiger partial charge in [-0.25, -0.2) is 4.79 Å². The van der Waals surface area contributed by atoms with Crippen LogP contribution in [0.5, 0.6) is 0 Å². The van der Waals surface area contributed by atoms with Gasteiger partial charge in [0.2, 0.25) is 5.88 Å². The monoisotopic (exact) mass is 291 g/mol. The van der Waals surface area contributed by atoms with Crippen LogP contribution < -0.4 is 5.73 Å². The fourth-order valence-corrected chi connectivity index (χ4v) is 1.81. The first-order valence-corrected chi connectivity index (χ1v) is 6.07. The Hall–Kier alpha value is -2.90. The van der Waals surface area contributed by atoms with Crippen molar-refractivity contribution < 1.29 is 19.0 Å². The van der Waals surface area contributed by atoms with Crippen LogP contribution in [-0.4, -0.2) is 16.0 Å². The van der Waals surface area contributed by atoms with Gasteiger partial charge in [-0.1, -0.05) is 17.3 Å². The van der Waals surface area contributed by atoms with E-state index >= 15 is 0 Å². The van der Waals surface area contributed by atoms with Crippen molar-refractivity contribution in [1.29, 1.82) is 0 Å². The molecule has 0 aliphatic carbocycles. The zero-order valence-electron chi connectivity index (χ0n) is 11.4. The fourth-order valence-electron chi connectivity index (χ4n) is 1.81. The Labute approximate surface area is 119 Å². The molecule has 0 spiro atoms. The average Bonchev–Trinajstić information content (AvgIpc) is 2.78. The van der Waals surface area contributed by atoms with Gasteiger partial charge >= 0.3 is 5.97 Å². The molecule has 8 nitrogen and oxygen atoms in total. The number of carbonyl (C=O) groups is 1. The number of aryl methyl sites for hydroxylation is 1. The lowest BCUT2D eigenvalue weighted by molar-refractivity contribution is -0.385. The number of nitrogen functional groups attached to an aromatic ring is 1. The maximum atomic E-state index is 12.0. The number of aromatic nitrogens is 1. The number of anilines is 1. The summed E-state index contributed by atoms with van der Waals surface area (Å²) in [5.74, 6) is -0.811. The zero-order valence-corrected chi connectivity index (χ0v) is 11.4. The SMILES string of the molecule is Cc1noc(N)c1C(=O)O[C@@H](C)c1cccc([N+](=O)[O-])c1. The lowest BCUT2D eigenvalue weighted by atomic mass is 10.1. The highest BCUT2D eigenvalue weighted by atomic mass is 16.6. The summed E-state index contributed by atoms with van der Waals surface area (Å²) in [7, 11) is 0. The molecule has 0 saturated heterocycles. The Morgan fingerprint density at radius 2 is 2.24 bits per heavy atom. The van der Waals surface area contributed by atoms with Crippen LogP contribution in [0.3, 0.4) is 0 Å². The van der Waals surface area contributed by atoms with E-state index in [-0.39, 0.29) is 17.1 Å². The highest BCUT2D eigenvalue weighted by Crippen LogP contribution is 2.24. The summed E-state index contributed by atoms with van der Waals surface area (Å²) in [6.45, 7) is 3.17. The number of ether oxygens (including phenoxy) is 1. The number of benzene rings is 1. The third kappa shape index (κ3) is 2.99. The summed E-state index contributed by atoms with van der Waals surface area (Å²) in [4.78, 5) is 22.2. The molecule has 0 fully saturated rings. The number of nitrogens with zero attached hydrogens (tertiary/aromatic N) is 2. The molecule has 0 aliphatic heterocycles. The first kappa shape index (κ1) is 14.5. The topological polar surface area (TPSA) is 121 Å². The molecular weight excluding hydrogens is 278 g/mol. The number of nitro groups is 1. The molecule has 0 radical (unpaired) electrons. The van der Waals surface area contributed by atoms with E-state index in [9.17, 15) is 14.9 Å². The molecule has 2 rings (SSSR count). The summed E-state index contributed by atoms with van der Waals surface area (Å²) >= 11 is 0. The second-order valence-electron chi connectivity index (χ2n) is 4.41. The van der Waals surface area contributed by atoms with Gasteiger partial charge in [-0.3, -0.25) is 10.1 Å². The van der Waals surface area contributed by atoms with Gasteiger partial charge < -0.3 is 15.0 Å². The predicted octanol–water partition coefficient (Wildman–Crippen LogP) is 2.39. The van der Waals surface area contributed by atoms with Crippen LogP contribution in [0.4, 0.5) is 11.6 Å². The Morgan fingerprint density at radius 1 is 1.52 bits per heavy atom. The number of non-ortho nitro benzene ring substituents is 1. The zero-order chi connectivity index (χ0) is 15.6. The van der Waals surface area contributed by atoms with E-state index in [1.165, 1.54) is 18.2 Å². The Kier molecular flexibility index (Phi) is 3.88. The Balaban J connectivity index is 2.18. The highest BCUT2D eigenvalue weighted by molar-refractivity contribution is 5.94. The summed E-state index contributed by atoms with van der Waals surface area (Å²) in [5, 5.41) is 14.3. The van der Waals surface area contributed by atoms with Crippen molar-refractivity contribution in [2.45, 2.75) is 20.0 Å². The average molecular weight is 291 g/mol. The molecule has 0 amide bonds. The van der Waals surface area contributed by atoms with Crippen LogP contribution in [0.2, 0.25) is 0 Å². The largest absolute Gasteiger partial charge is 0.454 e. The smallest absolute Gasteiger partial charge is 0.346 e. The van der Waals surface area contributed by atoms with Gasteiger partial charge in [0.25, 0.3) is 5.69 Å². The molecule has 1 aromatic heterocycles. The predicted molar refractivity (Wildman–Crippen MR) is 72.6 cm³/mol. The maximum Gasteiger partial charge on any atom is 0.346 e. The number of rotatable bonds is 4. The van der Waals surface area contributed by atoms with Crippen molar-refractivity contribution >= 4 is 17.5 Å². The molecule has 21 heavy (non-hydrogen) atoms. The molecule has 110 valence electrons. The van der Waals surface area contributed by atoms with Gasteiger partial charge in [0.15, 0.2) is 0 Å². The van der Waals surface area contributed by atoms with Gasteiger partial charge in [0, 0.05) is 12.1 Å². The number of hydrogen-bond acceptors (Lipinski definition) is 7. The molecule has 2 aromatic rings. The van der Waals surface area contributed by atoms with Crippen LogP contribution >= 0.6 is 0 Å². The van der Waals surface area contributed by atoms with E-state index in [4.69, 9.17) is 15.0 Å². The molecule has 0 unspecified atom stereocenters. The summed E-state index contributed by atoms with van der Waals surface area (Å²) in [5.41, 5.74) is 6.32. The quantitative estimate of drug-likeness (QED) is 0.521. The molecule has 0 saturated carbocycles. The van der Waals surface area contributed by atoms with Gasteiger partial charge in [-0.2, -0.15) is 0 Å². The standard InChI is InChI=1S/C13H13N3O5/c1-7-11(12(14)21-15-7)13(17)20-8(2)9-4-3-5-10(6-9)16(18)19/h3-6,8H,14H2,1-2H3/t8-/m0/s1. The van der Waals surface area contributed by atoms with Crippen LogP contribution in [0, 0.1) is 17.0 Å². The summed E-state index contributed by atoms with van der Waals surface area (Å²) in [6, 6.07) is 5.87. The molecule has 8 heteroatoms. The van der Waals surface area contributed by atoms with E-state index in [1.807, 2.05) is 0 Å². The van der Waals surface area contributed by atoms with Crippen LogP contribution in [0.1, 0.15) is 34.6 Å². The first-order chi connectivity index (χ1) is 9.90. The van der Waals surface area contributed by atoms with Gasteiger partial charge in [0.1, 0.15) is 11.7 Å². The molecule has 1 atom stereocenters. The van der Waals surface area contributed by atoms with Gasteiger partial charge in [-0.15, -0.1) is 0 Å². The number of hydrogen-bond donors (Lipinski definition) is 1. The van der Waals surface area contributed by atoms with E-state index in [0.29, 0.717) is 11.3 Å². The normalized spacial score (nSPS) is 11.9. The molecule has 2 N–H and O–H groups in total.